The fraction of sp³-hybridized carbons (Fsp3) is 0.680. The Kier molecular flexibility index (Phi) is 6.50. The summed E-state index contributed by atoms with van der Waals surface area (Å²) in [4.78, 5) is 32.9. The molecule has 3 heterocycles. The molecule has 3 fully saturated rings. The second-order valence-corrected chi connectivity index (χ2v) is 10.2. The Labute approximate surface area is 191 Å². The molecule has 0 bridgehead atoms. The molecule has 0 N–H and O–H groups in total. The lowest BCUT2D eigenvalue weighted by Crippen LogP contribution is -2.57. The lowest BCUT2D eigenvalue weighted by Gasteiger charge is -2.43. The number of ether oxygens (including phenoxy) is 2. The van der Waals surface area contributed by atoms with Crippen molar-refractivity contribution in [2.24, 2.45) is 5.92 Å². The highest BCUT2D eigenvalue weighted by atomic mass is 16.5. The van der Waals surface area contributed by atoms with Gasteiger partial charge in [0, 0.05) is 39.4 Å². The fourth-order valence-corrected chi connectivity index (χ4v) is 5.31. The summed E-state index contributed by atoms with van der Waals surface area (Å²) < 4.78 is 11.6. The maximum absolute atomic E-state index is 13.8. The number of piperidine rings is 1. The third-order valence-electron chi connectivity index (χ3n) is 6.92. The molecule has 32 heavy (non-hydrogen) atoms. The Hall–Kier alpha value is -2.12. The second kappa shape index (κ2) is 9.02. The van der Waals surface area contributed by atoms with Crippen LogP contribution in [0.1, 0.15) is 53.4 Å². The van der Waals surface area contributed by atoms with Crippen molar-refractivity contribution in [3.05, 3.63) is 24.3 Å². The monoisotopic (exact) mass is 443 g/mol. The number of likely N-dealkylation sites (N-methyl/N-ethyl adjacent to an activating group) is 1. The van der Waals surface area contributed by atoms with Crippen molar-refractivity contribution in [2.75, 3.05) is 44.3 Å². The standard InChI is InChI=1S/C25H37N3O4/c1-5-27-23(30)28(20-8-6-7-9-21(20)32-24(2,3)4)22(29)25(27)12-14-26(15-13-25)18-19-10-16-31-17-11-19/h6-9,19H,5,10-18H2,1-4H3. The predicted octanol–water partition coefficient (Wildman–Crippen LogP) is 3.91. The molecular formula is C25H37N3O4. The van der Waals surface area contributed by atoms with Crippen molar-refractivity contribution in [3.8, 4) is 5.75 Å². The van der Waals surface area contributed by atoms with Crippen LogP contribution in [0.25, 0.3) is 0 Å². The van der Waals surface area contributed by atoms with Gasteiger partial charge < -0.3 is 19.3 Å². The molecule has 0 atom stereocenters. The van der Waals surface area contributed by atoms with Crippen LogP contribution in [0.2, 0.25) is 0 Å². The summed E-state index contributed by atoms with van der Waals surface area (Å²) in [6.07, 6.45) is 3.57. The van der Waals surface area contributed by atoms with Gasteiger partial charge in [-0.05, 0) is 71.4 Å². The summed E-state index contributed by atoms with van der Waals surface area (Å²) in [5, 5.41) is 0. The van der Waals surface area contributed by atoms with Crippen LogP contribution in [-0.2, 0) is 9.53 Å². The number of carbonyl (C=O) groups is 2. The van der Waals surface area contributed by atoms with E-state index in [1.54, 1.807) is 4.90 Å². The first kappa shape index (κ1) is 23.1. The van der Waals surface area contributed by atoms with E-state index < -0.39 is 11.1 Å². The van der Waals surface area contributed by atoms with Gasteiger partial charge in [0.05, 0.1) is 5.69 Å². The number of urea groups is 1. The highest BCUT2D eigenvalue weighted by Crippen LogP contribution is 2.42. The molecule has 0 aliphatic carbocycles. The lowest BCUT2D eigenvalue weighted by atomic mass is 9.85. The topological polar surface area (TPSA) is 62.3 Å². The van der Waals surface area contributed by atoms with E-state index in [-0.39, 0.29) is 11.9 Å². The number of hydrogen-bond acceptors (Lipinski definition) is 5. The zero-order valence-electron chi connectivity index (χ0n) is 19.9. The van der Waals surface area contributed by atoms with Crippen LogP contribution in [0.3, 0.4) is 0 Å². The van der Waals surface area contributed by atoms with Gasteiger partial charge in [0.2, 0.25) is 0 Å². The molecule has 7 nitrogen and oxygen atoms in total. The van der Waals surface area contributed by atoms with Crippen LogP contribution >= 0.6 is 0 Å². The van der Waals surface area contributed by atoms with E-state index in [1.807, 2.05) is 52.0 Å². The van der Waals surface area contributed by atoms with Crippen molar-refractivity contribution >= 4 is 17.6 Å². The summed E-state index contributed by atoms with van der Waals surface area (Å²) in [6.45, 7) is 12.8. The molecule has 0 radical (unpaired) electrons. The Bertz CT molecular complexity index is 836. The van der Waals surface area contributed by atoms with Crippen LogP contribution in [0.5, 0.6) is 5.75 Å². The summed E-state index contributed by atoms with van der Waals surface area (Å²) in [6, 6.07) is 7.13. The number of likely N-dealkylation sites (tertiary alicyclic amines) is 1. The van der Waals surface area contributed by atoms with Crippen molar-refractivity contribution in [3.63, 3.8) is 0 Å². The Balaban J connectivity index is 1.54. The van der Waals surface area contributed by atoms with Gasteiger partial charge in [-0.2, -0.15) is 0 Å². The number of amides is 3. The number of carbonyl (C=O) groups excluding carboxylic acids is 2. The van der Waals surface area contributed by atoms with Gasteiger partial charge in [-0.25, -0.2) is 9.69 Å². The number of rotatable bonds is 5. The highest BCUT2D eigenvalue weighted by Gasteiger charge is 2.58. The molecule has 0 aromatic heterocycles. The first-order chi connectivity index (χ1) is 15.2. The van der Waals surface area contributed by atoms with E-state index in [9.17, 15) is 9.59 Å². The number of nitrogens with zero attached hydrogens (tertiary/aromatic N) is 3. The molecule has 176 valence electrons. The average molecular weight is 444 g/mol. The minimum atomic E-state index is -0.757. The fourth-order valence-electron chi connectivity index (χ4n) is 5.31. The van der Waals surface area contributed by atoms with Gasteiger partial charge in [0.1, 0.15) is 16.9 Å². The average Bonchev–Trinajstić information content (AvgIpc) is 2.96. The Morgan fingerprint density at radius 3 is 2.38 bits per heavy atom. The van der Waals surface area contributed by atoms with Crippen molar-refractivity contribution in [1.82, 2.24) is 9.80 Å². The minimum Gasteiger partial charge on any atom is -0.486 e. The van der Waals surface area contributed by atoms with E-state index in [0.29, 0.717) is 36.7 Å². The molecule has 1 aromatic rings. The van der Waals surface area contributed by atoms with Crippen molar-refractivity contribution in [2.45, 2.75) is 64.5 Å². The van der Waals surface area contributed by atoms with E-state index in [4.69, 9.17) is 9.47 Å². The normalized spacial score (nSPS) is 22.8. The van der Waals surface area contributed by atoms with Crippen LogP contribution in [0.4, 0.5) is 10.5 Å². The summed E-state index contributed by atoms with van der Waals surface area (Å²) in [7, 11) is 0. The minimum absolute atomic E-state index is 0.111. The summed E-state index contributed by atoms with van der Waals surface area (Å²) in [5.74, 6) is 1.12. The second-order valence-electron chi connectivity index (χ2n) is 10.2. The first-order valence-electron chi connectivity index (χ1n) is 12.0. The SMILES string of the molecule is CCN1C(=O)N(c2ccccc2OC(C)(C)C)C(=O)C12CCN(CC1CCOCC1)CC2. The van der Waals surface area contributed by atoms with Crippen LogP contribution in [0, 0.1) is 5.92 Å². The smallest absolute Gasteiger partial charge is 0.332 e. The van der Waals surface area contributed by atoms with Gasteiger partial charge in [0.25, 0.3) is 5.91 Å². The molecule has 1 spiro atoms. The van der Waals surface area contributed by atoms with Gasteiger partial charge in [-0.15, -0.1) is 0 Å². The number of imide groups is 1. The van der Waals surface area contributed by atoms with Crippen molar-refractivity contribution in [1.29, 1.82) is 0 Å². The zero-order chi connectivity index (χ0) is 22.9. The maximum Gasteiger partial charge on any atom is 0.332 e. The third-order valence-corrected chi connectivity index (χ3v) is 6.92. The highest BCUT2D eigenvalue weighted by molar-refractivity contribution is 6.24. The molecule has 0 saturated carbocycles. The number of anilines is 1. The lowest BCUT2D eigenvalue weighted by molar-refractivity contribution is -0.127. The quantitative estimate of drug-likeness (QED) is 0.646. The summed E-state index contributed by atoms with van der Waals surface area (Å²) >= 11 is 0. The predicted molar refractivity (Wildman–Crippen MR) is 124 cm³/mol. The van der Waals surface area contributed by atoms with Gasteiger partial charge in [0.15, 0.2) is 0 Å². The third kappa shape index (κ3) is 4.37. The van der Waals surface area contributed by atoms with Crippen LogP contribution in [0.15, 0.2) is 24.3 Å². The van der Waals surface area contributed by atoms with Gasteiger partial charge in [-0.1, -0.05) is 12.1 Å². The molecular weight excluding hydrogens is 406 g/mol. The Morgan fingerprint density at radius 1 is 1.09 bits per heavy atom. The summed E-state index contributed by atoms with van der Waals surface area (Å²) in [5.41, 5.74) is -0.649. The maximum atomic E-state index is 13.8. The first-order valence-corrected chi connectivity index (χ1v) is 12.0. The van der Waals surface area contributed by atoms with Crippen LogP contribution < -0.4 is 9.64 Å². The van der Waals surface area contributed by atoms with E-state index >= 15 is 0 Å². The Morgan fingerprint density at radius 2 is 1.75 bits per heavy atom. The largest absolute Gasteiger partial charge is 0.486 e. The molecule has 3 saturated heterocycles. The van der Waals surface area contributed by atoms with Crippen LogP contribution in [-0.4, -0.2) is 72.3 Å². The number of hydrogen-bond donors (Lipinski definition) is 0. The molecule has 3 aliphatic rings. The molecule has 3 amide bonds. The van der Waals surface area contributed by atoms with E-state index in [0.717, 1.165) is 45.7 Å². The zero-order valence-corrected chi connectivity index (χ0v) is 19.9. The van der Waals surface area contributed by atoms with Crippen molar-refractivity contribution < 1.29 is 19.1 Å². The van der Waals surface area contributed by atoms with Gasteiger partial charge >= 0.3 is 6.03 Å². The molecule has 3 aliphatic heterocycles. The number of para-hydroxylation sites is 2. The molecule has 1 aromatic carbocycles. The van der Waals surface area contributed by atoms with Gasteiger partial charge in [-0.3, -0.25) is 4.79 Å². The molecule has 4 rings (SSSR count). The number of benzene rings is 1. The van der Waals surface area contributed by atoms with E-state index in [2.05, 4.69) is 4.90 Å². The van der Waals surface area contributed by atoms with E-state index in [1.165, 1.54) is 4.90 Å². The molecule has 0 unspecified atom stereocenters. The molecule has 7 heteroatoms.